The Hall–Kier alpha value is -1.87. The summed E-state index contributed by atoms with van der Waals surface area (Å²) in [5.41, 5.74) is 0.699. The van der Waals surface area contributed by atoms with Crippen LogP contribution in [0, 0.1) is 5.82 Å². The Morgan fingerprint density at radius 3 is 2.33 bits per heavy atom. The number of rotatable bonds is 3. The lowest BCUT2D eigenvalue weighted by molar-refractivity contribution is 0.0819. The highest BCUT2D eigenvalue weighted by atomic mass is 35.5. The van der Waals surface area contributed by atoms with Gasteiger partial charge in [0.15, 0.2) is 0 Å². The lowest BCUT2D eigenvalue weighted by Gasteiger charge is -2.43. The summed E-state index contributed by atoms with van der Waals surface area (Å²) in [6.07, 6.45) is 2.75. The van der Waals surface area contributed by atoms with Crippen LogP contribution in [-0.2, 0) is 5.54 Å². The molecule has 1 fully saturated rings. The monoisotopic (exact) mass is 303 g/mol. The Kier molecular flexibility index (Phi) is 3.68. The van der Waals surface area contributed by atoms with Crippen molar-refractivity contribution in [2.45, 2.75) is 24.8 Å². The lowest BCUT2D eigenvalue weighted by atomic mass is 9.71. The molecule has 3 rings (SSSR count). The lowest BCUT2D eigenvalue weighted by Crippen LogP contribution is -2.50. The van der Waals surface area contributed by atoms with Gasteiger partial charge in [0.1, 0.15) is 5.82 Å². The molecule has 21 heavy (non-hydrogen) atoms. The van der Waals surface area contributed by atoms with Crippen LogP contribution in [0.2, 0.25) is 5.02 Å². The summed E-state index contributed by atoms with van der Waals surface area (Å²) in [5, 5.41) is 3.66. The highest BCUT2D eigenvalue weighted by molar-refractivity contribution is 6.30. The number of carbonyl (C=O) groups is 1. The van der Waals surface area contributed by atoms with Crippen molar-refractivity contribution in [3.8, 4) is 0 Å². The second-order valence-corrected chi connectivity index (χ2v) is 5.81. The van der Waals surface area contributed by atoms with E-state index in [0.29, 0.717) is 5.02 Å². The average molecular weight is 304 g/mol. The molecule has 0 bridgehead atoms. The van der Waals surface area contributed by atoms with Crippen molar-refractivity contribution in [2.75, 3.05) is 0 Å². The van der Waals surface area contributed by atoms with E-state index in [9.17, 15) is 9.18 Å². The molecule has 0 atom stereocenters. The van der Waals surface area contributed by atoms with Gasteiger partial charge in [0, 0.05) is 5.02 Å². The molecule has 0 aromatic heterocycles. The number of benzene rings is 2. The second-order valence-electron chi connectivity index (χ2n) is 5.38. The molecule has 0 radical (unpaired) electrons. The van der Waals surface area contributed by atoms with Gasteiger partial charge in [-0.2, -0.15) is 0 Å². The van der Waals surface area contributed by atoms with Gasteiger partial charge >= 0.3 is 0 Å². The fourth-order valence-corrected chi connectivity index (χ4v) is 2.84. The van der Waals surface area contributed by atoms with Gasteiger partial charge in [0.25, 0.3) is 5.91 Å². The van der Waals surface area contributed by atoms with E-state index in [1.807, 2.05) is 24.3 Å². The summed E-state index contributed by atoms with van der Waals surface area (Å²) >= 11 is 5.91. The molecule has 1 aliphatic carbocycles. The van der Waals surface area contributed by atoms with Gasteiger partial charge in [0.05, 0.1) is 11.1 Å². The van der Waals surface area contributed by atoms with Crippen LogP contribution in [0.25, 0.3) is 0 Å². The first kappa shape index (κ1) is 14.1. The van der Waals surface area contributed by atoms with E-state index in [-0.39, 0.29) is 11.5 Å². The first-order valence-corrected chi connectivity index (χ1v) is 7.32. The molecule has 1 amide bonds. The van der Waals surface area contributed by atoms with Crippen LogP contribution in [0.1, 0.15) is 35.2 Å². The third-order valence-electron chi connectivity index (χ3n) is 4.08. The van der Waals surface area contributed by atoms with E-state index in [1.165, 1.54) is 12.1 Å². The zero-order chi connectivity index (χ0) is 14.9. The molecule has 1 aliphatic rings. The van der Waals surface area contributed by atoms with Crippen molar-refractivity contribution < 1.29 is 9.18 Å². The molecule has 0 spiro atoms. The Balaban J connectivity index is 1.86. The number of carbonyl (C=O) groups excluding carboxylic acids is 1. The minimum absolute atomic E-state index is 0.0812. The molecule has 1 saturated carbocycles. The van der Waals surface area contributed by atoms with Crippen molar-refractivity contribution >= 4 is 17.5 Å². The summed E-state index contributed by atoms with van der Waals surface area (Å²) in [4.78, 5) is 12.3. The van der Waals surface area contributed by atoms with E-state index in [4.69, 9.17) is 11.6 Å². The van der Waals surface area contributed by atoms with Crippen LogP contribution in [0.3, 0.4) is 0 Å². The van der Waals surface area contributed by atoms with Crippen LogP contribution in [-0.4, -0.2) is 5.91 Å². The summed E-state index contributed by atoms with van der Waals surface area (Å²) in [6, 6.07) is 13.5. The predicted molar refractivity (Wildman–Crippen MR) is 80.8 cm³/mol. The molecule has 1 N–H and O–H groups in total. The van der Waals surface area contributed by atoms with Gasteiger partial charge in [-0.05, 0) is 49.1 Å². The minimum atomic E-state index is -0.499. The summed E-state index contributed by atoms with van der Waals surface area (Å²) in [7, 11) is 0. The van der Waals surface area contributed by atoms with Crippen LogP contribution < -0.4 is 5.32 Å². The number of hydrogen-bond donors (Lipinski definition) is 1. The van der Waals surface area contributed by atoms with Crippen LogP contribution >= 0.6 is 11.6 Å². The third-order valence-corrected chi connectivity index (χ3v) is 4.33. The van der Waals surface area contributed by atoms with Crippen LogP contribution in [0.15, 0.2) is 48.5 Å². The Morgan fingerprint density at radius 1 is 1.10 bits per heavy atom. The highest BCUT2D eigenvalue weighted by Crippen LogP contribution is 2.41. The number of nitrogens with one attached hydrogen (secondary N) is 1. The Bertz CT molecular complexity index is 665. The molecule has 0 heterocycles. The predicted octanol–water partition coefficient (Wildman–Crippen LogP) is 4.29. The topological polar surface area (TPSA) is 29.1 Å². The number of amides is 1. The molecule has 2 nitrogen and oxygen atoms in total. The quantitative estimate of drug-likeness (QED) is 0.900. The maximum absolute atomic E-state index is 13.7. The Labute approximate surface area is 127 Å². The molecular formula is C17H15ClFNO. The third kappa shape index (κ3) is 2.66. The maximum Gasteiger partial charge on any atom is 0.254 e. The molecular weight excluding hydrogens is 289 g/mol. The van der Waals surface area contributed by atoms with E-state index in [0.717, 1.165) is 24.8 Å². The normalized spacial score (nSPS) is 16.1. The minimum Gasteiger partial charge on any atom is -0.342 e. The molecule has 4 heteroatoms. The maximum atomic E-state index is 13.7. The highest BCUT2D eigenvalue weighted by Gasteiger charge is 2.40. The molecule has 2 aromatic carbocycles. The SMILES string of the molecule is O=C(NC1(c2ccc(Cl)cc2)CCC1)c1ccccc1F. The molecule has 0 aliphatic heterocycles. The summed E-state index contributed by atoms with van der Waals surface area (Å²) in [6.45, 7) is 0. The van der Waals surface area contributed by atoms with Crippen molar-refractivity contribution in [3.05, 3.63) is 70.5 Å². The fourth-order valence-electron chi connectivity index (χ4n) is 2.72. The van der Waals surface area contributed by atoms with E-state index < -0.39 is 11.4 Å². The summed E-state index contributed by atoms with van der Waals surface area (Å²) < 4.78 is 13.7. The van der Waals surface area contributed by atoms with Crippen LogP contribution in [0.5, 0.6) is 0 Å². The van der Waals surface area contributed by atoms with Gasteiger partial charge in [-0.1, -0.05) is 35.9 Å². The first-order valence-electron chi connectivity index (χ1n) is 6.94. The van der Waals surface area contributed by atoms with Crippen LogP contribution in [0.4, 0.5) is 4.39 Å². The standard InChI is InChI=1S/C17H15ClFNO/c18-13-8-6-12(7-9-13)17(10-3-11-17)20-16(21)14-4-1-2-5-15(14)19/h1-2,4-9H,3,10-11H2,(H,20,21). The van der Waals surface area contributed by atoms with E-state index in [2.05, 4.69) is 5.32 Å². The Morgan fingerprint density at radius 2 is 1.76 bits per heavy atom. The van der Waals surface area contributed by atoms with Crippen molar-refractivity contribution in [1.82, 2.24) is 5.32 Å². The van der Waals surface area contributed by atoms with Crippen molar-refractivity contribution in [3.63, 3.8) is 0 Å². The van der Waals surface area contributed by atoms with Crippen molar-refractivity contribution in [2.24, 2.45) is 0 Å². The molecule has 108 valence electrons. The number of hydrogen-bond acceptors (Lipinski definition) is 1. The van der Waals surface area contributed by atoms with Gasteiger partial charge in [0.2, 0.25) is 0 Å². The molecule has 0 saturated heterocycles. The molecule has 0 unspecified atom stereocenters. The second kappa shape index (κ2) is 5.49. The molecule has 2 aromatic rings. The average Bonchev–Trinajstić information content (AvgIpc) is 2.44. The van der Waals surface area contributed by atoms with Gasteiger partial charge < -0.3 is 5.32 Å². The van der Waals surface area contributed by atoms with E-state index >= 15 is 0 Å². The zero-order valence-electron chi connectivity index (χ0n) is 11.4. The van der Waals surface area contributed by atoms with Crippen molar-refractivity contribution in [1.29, 1.82) is 0 Å². The van der Waals surface area contributed by atoms with Gasteiger partial charge in [-0.15, -0.1) is 0 Å². The fraction of sp³-hybridized carbons (Fsp3) is 0.235. The number of halogens is 2. The zero-order valence-corrected chi connectivity index (χ0v) is 12.2. The van der Waals surface area contributed by atoms with E-state index in [1.54, 1.807) is 12.1 Å². The summed E-state index contributed by atoms with van der Waals surface area (Å²) in [5.74, 6) is -0.872. The smallest absolute Gasteiger partial charge is 0.254 e. The first-order chi connectivity index (χ1) is 10.1. The van der Waals surface area contributed by atoms with Gasteiger partial charge in [-0.25, -0.2) is 4.39 Å². The largest absolute Gasteiger partial charge is 0.342 e. The van der Waals surface area contributed by atoms with Gasteiger partial charge in [-0.3, -0.25) is 4.79 Å².